The quantitative estimate of drug-likeness (QED) is 0.636. The van der Waals surface area contributed by atoms with Gasteiger partial charge in [-0.2, -0.15) is 18.2 Å². The monoisotopic (exact) mass is 465 g/mol. The topological polar surface area (TPSA) is 79.4 Å². The number of halogens is 6. The highest BCUT2D eigenvalue weighted by Gasteiger charge is 2.41. The number of carbonyl (C=O) groups excluding carboxylic acids is 1. The molecule has 2 heterocycles. The average Bonchev–Trinajstić information content (AvgIpc) is 3.07. The lowest BCUT2D eigenvalue weighted by molar-refractivity contribution is -0.137. The van der Waals surface area contributed by atoms with Crippen LogP contribution in [0.25, 0.3) is 0 Å². The van der Waals surface area contributed by atoms with E-state index >= 15 is 0 Å². The van der Waals surface area contributed by atoms with Crippen LogP contribution in [0, 0.1) is 0 Å². The van der Waals surface area contributed by atoms with E-state index in [2.05, 4.69) is 20.6 Å². The highest BCUT2D eigenvalue weighted by Crippen LogP contribution is 2.37. The maximum Gasteiger partial charge on any atom is 0.421 e. The first-order chi connectivity index (χ1) is 14.4. The summed E-state index contributed by atoms with van der Waals surface area (Å²) in [6, 6.07) is 2.54. The number of nitrogens with one attached hydrogen (secondary N) is 2. The summed E-state index contributed by atoms with van der Waals surface area (Å²) in [6.07, 6.45) is -4.47. The number of likely N-dealkylation sites (tertiary alicyclic amines) is 1. The molecule has 0 atom stereocenters. The largest absolute Gasteiger partial charge is 0.496 e. The first kappa shape index (κ1) is 22.8. The van der Waals surface area contributed by atoms with Gasteiger partial charge in [0.2, 0.25) is 5.95 Å². The van der Waals surface area contributed by atoms with Crippen LogP contribution in [0.4, 0.5) is 39.4 Å². The van der Waals surface area contributed by atoms with Gasteiger partial charge in [-0.05, 0) is 6.07 Å². The average molecular weight is 466 g/mol. The second-order valence-corrected chi connectivity index (χ2v) is 7.10. The van der Waals surface area contributed by atoms with Crippen molar-refractivity contribution in [2.45, 2.75) is 18.5 Å². The lowest BCUT2D eigenvalue weighted by Gasteiger charge is -2.19. The molecule has 31 heavy (non-hydrogen) atoms. The number of anilines is 3. The third-order valence-corrected chi connectivity index (χ3v) is 4.87. The fourth-order valence-corrected chi connectivity index (χ4v) is 3.24. The summed E-state index contributed by atoms with van der Waals surface area (Å²) in [7, 11) is 2.55. The number of nitrogens with zero attached hydrogens (tertiary/aromatic N) is 3. The van der Waals surface area contributed by atoms with Gasteiger partial charge in [-0.25, -0.2) is 13.8 Å². The molecule has 13 heteroatoms. The Bertz CT molecular complexity index is 1000. The Balaban J connectivity index is 1.89. The number of ether oxygens (including phenoxy) is 1. The Hall–Kier alpha value is -2.89. The van der Waals surface area contributed by atoms with Crippen molar-refractivity contribution in [3.05, 3.63) is 34.5 Å². The Morgan fingerprint density at radius 2 is 2.03 bits per heavy atom. The molecule has 3 rings (SSSR count). The molecule has 0 unspecified atom stereocenters. The molecule has 2 aromatic rings. The van der Waals surface area contributed by atoms with Crippen LogP contribution in [0.1, 0.15) is 22.3 Å². The molecule has 1 aliphatic rings. The van der Waals surface area contributed by atoms with Crippen LogP contribution in [0.5, 0.6) is 5.75 Å². The summed E-state index contributed by atoms with van der Waals surface area (Å²) < 4.78 is 71.1. The predicted octanol–water partition coefficient (Wildman–Crippen LogP) is 4.42. The van der Waals surface area contributed by atoms with Crippen LogP contribution in [-0.4, -0.2) is 53.9 Å². The van der Waals surface area contributed by atoms with E-state index in [0.717, 1.165) is 4.90 Å². The highest BCUT2D eigenvalue weighted by molar-refractivity contribution is 6.33. The lowest BCUT2D eigenvalue weighted by atomic mass is 10.1. The number of rotatable bonds is 5. The standard InChI is InChI=1S/C18H17ClF5N5O2/c1-25-14-10(18(22,23)24)7-26-16(28-14)27-12-6-13(31-2)9(5-11(12)19)15(30)29-4-3-17(20,21)8-29/h5-7H,3-4,8H2,1-2H3,(H2,25,26,27,28). The van der Waals surface area contributed by atoms with Gasteiger partial charge in [0.15, 0.2) is 0 Å². The van der Waals surface area contributed by atoms with Crippen molar-refractivity contribution in [3.63, 3.8) is 0 Å². The molecule has 1 amide bonds. The molecular weight excluding hydrogens is 449 g/mol. The molecule has 0 aliphatic carbocycles. The van der Waals surface area contributed by atoms with Crippen LogP contribution >= 0.6 is 11.6 Å². The first-order valence-electron chi connectivity index (χ1n) is 8.89. The second kappa shape index (κ2) is 8.33. The third-order valence-electron chi connectivity index (χ3n) is 4.55. The molecule has 0 radical (unpaired) electrons. The van der Waals surface area contributed by atoms with Crippen molar-refractivity contribution in [2.75, 3.05) is 37.9 Å². The van der Waals surface area contributed by atoms with Gasteiger partial charge in [-0.15, -0.1) is 0 Å². The lowest BCUT2D eigenvalue weighted by Crippen LogP contribution is -2.31. The molecule has 0 spiro atoms. The minimum Gasteiger partial charge on any atom is -0.496 e. The molecule has 1 aliphatic heterocycles. The Morgan fingerprint density at radius 3 is 2.58 bits per heavy atom. The Morgan fingerprint density at radius 1 is 1.32 bits per heavy atom. The van der Waals surface area contributed by atoms with Crippen molar-refractivity contribution >= 4 is 35.0 Å². The summed E-state index contributed by atoms with van der Waals surface area (Å²) in [5, 5.41) is 5.00. The molecule has 2 N–H and O–H groups in total. The van der Waals surface area contributed by atoms with E-state index in [1.165, 1.54) is 26.3 Å². The number of amides is 1. The molecule has 1 fully saturated rings. The summed E-state index contributed by atoms with van der Waals surface area (Å²) in [5.74, 6) is -4.24. The molecule has 0 bridgehead atoms. The fraction of sp³-hybridized carbons (Fsp3) is 0.389. The smallest absolute Gasteiger partial charge is 0.421 e. The summed E-state index contributed by atoms with van der Waals surface area (Å²) in [6.45, 7) is -0.822. The van der Waals surface area contributed by atoms with E-state index in [9.17, 15) is 26.7 Å². The zero-order valence-corrected chi connectivity index (χ0v) is 17.0. The Kier molecular flexibility index (Phi) is 6.12. The van der Waals surface area contributed by atoms with Crippen molar-refractivity contribution in [1.82, 2.24) is 14.9 Å². The van der Waals surface area contributed by atoms with Crippen molar-refractivity contribution in [1.29, 1.82) is 0 Å². The maximum atomic E-state index is 13.5. The van der Waals surface area contributed by atoms with E-state index in [0.29, 0.717) is 6.20 Å². The van der Waals surface area contributed by atoms with Crippen molar-refractivity contribution in [2.24, 2.45) is 0 Å². The van der Waals surface area contributed by atoms with Gasteiger partial charge in [0.05, 0.1) is 29.9 Å². The van der Waals surface area contributed by atoms with Crippen molar-refractivity contribution < 1.29 is 31.5 Å². The Labute approximate surface area is 178 Å². The molecule has 1 aromatic heterocycles. The predicted molar refractivity (Wildman–Crippen MR) is 103 cm³/mol. The minimum absolute atomic E-state index is 0.00962. The van der Waals surface area contributed by atoms with Gasteiger partial charge in [0.1, 0.15) is 17.1 Å². The second-order valence-electron chi connectivity index (χ2n) is 6.69. The SMILES string of the molecule is CNc1nc(Nc2cc(OC)c(C(=O)N3CCC(F)(F)C3)cc2Cl)ncc1C(F)(F)F. The maximum absolute atomic E-state index is 13.5. The molecule has 168 valence electrons. The van der Waals surface area contributed by atoms with E-state index in [1.807, 2.05) is 0 Å². The number of benzene rings is 1. The van der Waals surface area contributed by atoms with E-state index in [4.69, 9.17) is 16.3 Å². The molecule has 0 saturated carbocycles. The normalized spacial score (nSPS) is 15.7. The van der Waals surface area contributed by atoms with Crippen LogP contribution in [0.2, 0.25) is 5.02 Å². The van der Waals surface area contributed by atoms with Gasteiger partial charge in [0.25, 0.3) is 11.8 Å². The van der Waals surface area contributed by atoms with E-state index < -0.39 is 42.4 Å². The van der Waals surface area contributed by atoms with Crippen LogP contribution in [0.15, 0.2) is 18.3 Å². The minimum atomic E-state index is -4.65. The van der Waals surface area contributed by atoms with Gasteiger partial charge in [-0.1, -0.05) is 11.6 Å². The summed E-state index contributed by atoms with van der Waals surface area (Å²) >= 11 is 6.20. The van der Waals surface area contributed by atoms with Gasteiger partial charge in [-0.3, -0.25) is 4.79 Å². The fourth-order valence-electron chi connectivity index (χ4n) is 3.03. The highest BCUT2D eigenvalue weighted by atomic mass is 35.5. The van der Waals surface area contributed by atoms with Crippen LogP contribution in [-0.2, 0) is 6.18 Å². The third kappa shape index (κ3) is 4.89. The summed E-state index contributed by atoms with van der Waals surface area (Å²) in [5.41, 5.74) is -0.934. The van der Waals surface area contributed by atoms with E-state index in [1.54, 1.807) is 0 Å². The number of hydrogen-bond donors (Lipinski definition) is 2. The van der Waals surface area contributed by atoms with Crippen LogP contribution in [0.3, 0.4) is 0 Å². The number of methoxy groups -OCH3 is 1. The van der Waals surface area contributed by atoms with Crippen molar-refractivity contribution in [3.8, 4) is 5.75 Å². The molecule has 1 aromatic carbocycles. The number of hydrogen-bond acceptors (Lipinski definition) is 6. The zero-order chi connectivity index (χ0) is 23.0. The van der Waals surface area contributed by atoms with Crippen LogP contribution < -0.4 is 15.4 Å². The molecular formula is C18H17ClF5N5O2. The molecule has 1 saturated heterocycles. The van der Waals surface area contributed by atoms with Gasteiger partial charge in [0, 0.05) is 32.3 Å². The summed E-state index contributed by atoms with van der Waals surface area (Å²) in [4.78, 5) is 21.1. The molecule has 7 nitrogen and oxygen atoms in total. The first-order valence-corrected chi connectivity index (χ1v) is 9.26. The van der Waals surface area contributed by atoms with Gasteiger partial charge < -0.3 is 20.3 Å². The zero-order valence-electron chi connectivity index (χ0n) is 16.3. The number of aromatic nitrogens is 2. The number of alkyl halides is 5. The van der Waals surface area contributed by atoms with E-state index in [-0.39, 0.29) is 34.5 Å². The van der Waals surface area contributed by atoms with Gasteiger partial charge >= 0.3 is 6.18 Å². The number of carbonyl (C=O) groups is 1.